The molecule has 1 aliphatic rings. The van der Waals surface area contributed by atoms with Crippen molar-refractivity contribution >= 4 is 5.97 Å². The Morgan fingerprint density at radius 3 is 2.58 bits per heavy atom. The molecule has 1 aromatic carbocycles. The minimum Gasteiger partial charge on any atom is -0.464 e. The van der Waals surface area contributed by atoms with E-state index in [2.05, 4.69) is 0 Å². The maximum atomic E-state index is 11.8. The molecule has 0 amide bonds. The SMILES string of the molecule is N[C@H](Cc1ccccc1)C(=O)OCC1CCCCC1. The Hall–Kier alpha value is -1.35. The molecule has 0 radical (unpaired) electrons. The van der Waals surface area contributed by atoms with Crippen LogP contribution in [0.15, 0.2) is 30.3 Å². The minimum atomic E-state index is -0.550. The summed E-state index contributed by atoms with van der Waals surface area (Å²) >= 11 is 0. The molecule has 0 aliphatic heterocycles. The molecule has 2 rings (SSSR count). The molecule has 0 bridgehead atoms. The van der Waals surface area contributed by atoms with Crippen molar-refractivity contribution in [3.63, 3.8) is 0 Å². The van der Waals surface area contributed by atoms with Crippen molar-refractivity contribution < 1.29 is 9.53 Å². The Bertz CT molecular complexity index is 385. The van der Waals surface area contributed by atoms with Gasteiger partial charge in [-0.3, -0.25) is 4.79 Å². The predicted molar refractivity (Wildman–Crippen MR) is 75.7 cm³/mol. The zero-order valence-electron chi connectivity index (χ0n) is 11.4. The average molecular weight is 261 g/mol. The van der Waals surface area contributed by atoms with Crippen LogP contribution in [0.25, 0.3) is 0 Å². The lowest BCUT2D eigenvalue weighted by molar-refractivity contribution is -0.146. The molecule has 19 heavy (non-hydrogen) atoms. The Morgan fingerprint density at radius 1 is 1.21 bits per heavy atom. The maximum absolute atomic E-state index is 11.8. The number of nitrogens with two attached hydrogens (primary N) is 1. The smallest absolute Gasteiger partial charge is 0.323 e. The summed E-state index contributed by atoms with van der Waals surface area (Å²) in [6, 6.07) is 9.27. The molecule has 0 spiro atoms. The number of benzene rings is 1. The standard InChI is InChI=1S/C16H23NO2/c17-15(11-13-7-3-1-4-8-13)16(18)19-12-14-9-5-2-6-10-14/h1,3-4,7-8,14-15H,2,5-6,9-12,17H2/t15-/m1/s1. The first-order valence-electron chi connectivity index (χ1n) is 7.22. The first-order chi connectivity index (χ1) is 9.25. The van der Waals surface area contributed by atoms with E-state index in [1.807, 2.05) is 30.3 Å². The van der Waals surface area contributed by atoms with E-state index in [0.717, 1.165) is 5.56 Å². The maximum Gasteiger partial charge on any atom is 0.323 e. The Balaban J connectivity index is 1.73. The lowest BCUT2D eigenvalue weighted by Gasteiger charge is -2.22. The lowest BCUT2D eigenvalue weighted by atomic mass is 9.90. The topological polar surface area (TPSA) is 52.3 Å². The lowest BCUT2D eigenvalue weighted by Crippen LogP contribution is -2.35. The van der Waals surface area contributed by atoms with Crippen LogP contribution in [0.2, 0.25) is 0 Å². The van der Waals surface area contributed by atoms with Crippen molar-refractivity contribution in [1.29, 1.82) is 0 Å². The van der Waals surface area contributed by atoms with Crippen LogP contribution in [-0.2, 0) is 16.0 Å². The molecule has 104 valence electrons. The molecule has 0 saturated heterocycles. The second-order valence-electron chi connectivity index (χ2n) is 5.43. The number of ether oxygens (including phenoxy) is 1. The Kier molecular flexibility index (Phi) is 5.40. The van der Waals surface area contributed by atoms with Crippen LogP contribution in [0.5, 0.6) is 0 Å². The highest BCUT2D eigenvalue weighted by molar-refractivity contribution is 5.75. The van der Waals surface area contributed by atoms with E-state index in [-0.39, 0.29) is 5.97 Å². The van der Waals surface area contributed by atoms with Crippen LogP contribution in [-0.4, -0.2) is 18.6 Å². The van der Waals surface area contributed by atoms with Gasteiger partial charge in [-0.05, 0) is 30.7 Å². The third-order valence-corrected chi connectivity index (χ3v) is 3.79. The molecule has 0 heterocycles. The third kappa shape index (κ3) is 4.67. The number of hydrogen-bond acceptors (Lipinski definition) is 3. The van der Waals surface area contributed by atoms with Gasteiger partial charge in [0.25, 0.3) is 0 Å². The van der Waals surface area contributed by atoms with Gasteiger partial charge in [0.1, 0.15) is 6.04 Å². The molecule has 1 aliphatic carbocycles. The van der Waals surface area contributed by atoms with E-state index in [4.69, 9.17) is 10.5 Å². The molecule has 2 N–H and O–H groups in total. The van der Waals surface area contributed by atoms with Gasteiger partial charge >= 0.3 is 5.97 Å². The van der Waals surface area contributed by atoms with Crippen molar-refractivity contribution in [2.45, 2.75) is 44.6 Å². The summed E-state index contributed by atoms with van der Waals surface area (Å²) in [7, 11) is 0. The third-order valence-electron chi connectivity index (χ3n) is 3.79. The number of carbonyl (C=O) groups is 1. The van der Waals surface area contributed by atoms with Gasteiger partial charge in [0.05, 0.1) is 6.61 Å². The van der Waals surface area contributed by atoms with E-state index < -0.39 is 6.04 Å². The first-order valence-corrected chi connectivity index (χ1v) is 7.22. The van der Waals surface area contributed by atoms with Crippen LogP contribution >= 0.6 is 0 Å². The van der Waals surface area contributed by atoms with Gasteiger partial charge in [-0.15, -0.1) is 0 Å². The molecule has 3 nitrogen and oxygen atoms in total. The molecular formula is C16H23NO2. The molecule has 3 heteroatoms. The summed E-state index contributed by atoms with van der Waals surface area (Å²) in [6.07, 6.45) is 6.75. The van der Waals surface area contributed by atoms with Gasteiger partial charge in [0, 0.05) is 0 Å². The molecule has 0 aromatic heterocycles. The first kappa shape index (κ1) is 14.1. The molecular weight excluding hydrogens is 238 g/mol. The Morgan fingerprint density at radius 2 is 1.89 bits per heavy atom. The van der Waals surface area contributed by atoms with Crippen LogP contribution in [0.4, 0.5) is 0 Å². The van der Waals surface area contributed by atoms with Gasteiger partial charge in [-0.2, -0.15) is 0 Å². The van der Waals surface area contributed by atoms with Crippen LogP contribution in [0, 0.1) is 5.92 Å². The van der Waals surface area contributed by atoms with Crippen LogP contribution < -0.4 is 5.73 Å². The van der Waals surface area contributed by atoms with Crippen molar-refractivity contribution in [1.82, 2.24) is 0 Å². The van der Waals surface area contributed by atoms with Crippen molar-refractivity contribution in [3.8, 4) is 0 Å². The van der Waals surface area contributed by atoms with Crippen LogP contribution in [0.3, 0.4) is 0 Å². The number of hydrogen-bond donors (Lipinski definition) is 1. The van der Waals surface area contributed by atoms with E-state index >= 15 is 0 Å². The van der Waals surface area contributed by atoms with Gasteiger partial charge in [-0.1, -0.05) is 49.6 Å². The predicted octanol–water partition coefficient (Wildman–Crippen LogP) is 2.68. The van der Waals surface area contributed by atoms with Crippen molar-refractivity contribution in [2.24, 2.45) is 11.7 Å². The van der Waals surface area contributed by atoms with Crippen LogP contribution in [0.1, 0.15) is 37.7 Å². The fraction of sp³-hybridized carbons (Fsp3) is 0.562. The molecule has 1 aromatic rings. The van der Waals surface area contributed by atoms with Gasteiger partial charge in [0.15, 0.2) is 0 Å². The average Bonchev–Trinajstić information content (AvgIpc) is 2.47. The zero-order valence-corrected chi connectivity index (χ0v) is 11.4. The minimum absolute atomic E-state index is 0.269. The highest BCUT2D eigenvalue weighted by Gasteiger charge is 2.19. The largest absolute Gasteiger partial charge is 0.464 e. The number of esters is 1. The normalized spacial score (nSPS) is 17.9. The second kappa shape index (κ2) is 7.29. The van der Waals surface area contributed by atoms with E-state index in [1.165, 1.54) is 32.1 Å². The molecule has 0 unspecified atom stereocenters. The zero-order chi connectivity index (χ0) is 13.5. The van der Waals surface area contributed by atoms with E-state index in [9.17, 15) is 4.79 Å². The summed E-state index contributed by atoms with van der Waals surface area (Å²) < 4.78 is 5.35. The second-order valence-corrected chi connectivity index (χ2v) is 5.43. The summed E-state index contributed by atoms with van der Waals surface area (Å²) in [5.74, 6) is 0.274. The molecule has 1 atom stereocenters. The van der Waals surface area contributed by atoms with Gasteiger partial charge in [-0.25, -0.2) is 0 Å². The summed E-state index contributed by atoms with van der Waals surface area (Å²) in [4.78, 5) is 11.8. The monoisotopic (exact) mass is 261 g/mol. The van der Waals surface area contributed by atoms with E-state index in [1.54, 1.807) is 0 Å². The number of rotatable bonds is 5. The molecule has 1 saturated carbocycles. The highest BCUT2D eigenvalue weighted by Crippen LogP contribution is 2.23. The summed E-state index contributed by atoms with van der Waals surface area (Å²) in [5.41, 5.74) is 6.96. The molecule has 1 fully saturated rings. The summed E-state index contributed by atoms with van der Waals surface area (Å²) in [6.45, 7) is 0.543. The van der Waals surface area contributed by atoms with E-state index in [0.29, 0.717) is 18.9 Å². The fourth-order valence-electron chi connectivity index (χ4n) is 2.61. The van der Waals surface area contributed by atoms with Gasteiger partial charge < -0.3 is 10.5 Å². The number of carbonyl (C=O) groups excluding carboxylic acids is 1. The highest BCUT2D eigenvalue weighted by atomic mass is 16.5. The quantitative estimate of drug-likeness (QED) is 0.829. The fourth-order valence-corrected chi connectivity index (χ4v) is 2.61. The van der Waals surface area contributed by atoms with Gasteiger partial charge in [0.2, 0.25) is 0 Å². The summed E-state index contributed by atoms with van der Waals surface area (Å²) in [5, 5.41) is 0. The van der Waals surface area contributed by atoms with Crippen molar-refractivity contribution in [2.75, 3.05) is 6.61 Å². The Labute approximate surface area is 115 Å². The van der Waals surface area contributed by atoms with Crippen molar-refractivity contribution in [3.05, 3.63) is 35.9 Å².